The Morgan fingerprint density at radius 1 is 0.833 bits per heavy atom. The van der Waals surface area contributed by atoms with Gasteiger partial charge in [-0.25, -0.2) is 0 Å². The summed E-state index contributed by atoms with van der Waals surface area (Å²) in [5.74, 6) is 1.06. The summed E-state index contributed by atoms with van der Waals surface area (Å²) >= 11 is 0. The summed E-state index contributed by atoms with van der Waals surface area (Å²) < 4.78 is 7.52. The zero-order valence-corrected chi connectivity index (χ0v) is 19.1. The molecule has 0 bridgehead atoms. The van der Waals surface area contributed by atoms with Crippen molar-refractivity contribution in [3.05, 3.63) is 103 Å². The molecule has 1 amide bonds. The Morgan fingerprint density at radius 3 is 2.58 bits per heavy atom. The molecule has 0 unspecified atom stereocenters. The number of aromatic nitrogens is 5. The number of amides is 1. The summed E-state index contributed by atoms with van der Waals surface area (Å²) in [5.41, 5.74) is 3.73. The number of fused-ring (bicyclic) bond motifs is 2. The molecule has 174 valence electrons. The summed E-state index contributed by atoms with van der Waals surface area (Å²) in [4.78, 5) is 16.7. The van der Waals surface area contributed by atoms with Crippen LogP contribution in [0.25, 0.3) is 39.1 Å². The molecular weight excluding hydrogens is 452 g/mol. The molecule has 6 rings (SSSR count). The van der Waals surface area contributed by atoms with Crippen LogP contribution in [-0.2, 0) is 4.79 Å². The van der Waals surface area contributed by atoms with E-state index in [4.69, 9.17) is 9.84 Å². The lowest BCUT2D eigenvalue weighted by molar-refractivity contribution is -0.118. The van der Waals surface area contributed by atoms with Gasteiger partial charge in [-0.1, -0.05) is 48.5 Å². The Kier molecular flexibility index (Phi) is 5.51. The van der Waals surface area contributed by atoms with Crippen LogP contribution in [0.3, 0.4) is 0 Å². The molecule has 8 heteroatoms. The average Bonchev–Trinajstić information content (AvgIpc) is 3.36. The van der Waals surface area contributed by atoms with Gasteiger partial charge in [0.15, 0.2) is 18.1 Å². The maximum Gasteiger partial charge on any atom is 0.262 e. The number of hydrogen-bond acceptors (Lipinski definition) is 6. The van der Waals surface area contributed by atoms with E-state index >= 15 is 0 Å². The highest BCUT2D eigenvalue weighted by Gasteiger charge is 2.12. The Morgan fingerprint density at radius 2 is 1.67 bits per heavy atom. The lowest BCUT2D eigenvalue weighted by Gasteiger charge is -2.11. The van der Waals surface area contributed by atoms with Gasteiger partial charge in [0.1, 0.15) is 5.75 Å². The van der Waals surface area contributed by atoms with Crippen LogP contribution in [0, 0.1) is 0 Å². The molecule has 0 fully saturated rings. The van der Waals surface area contributed by atoms with E-state index in [1.807, 2.05) is 91.0 Å². The van der Waals surface area contributed by atoms with Gasteiger partial charge in [-0.2, -0.15) is 9.61 Å². The Hall–Kier alpha value is -5.11. The number of anilines is 1. The summed E-state index contributed by atoms with van der Waals surface area (Å²) in [6, 6.07) is 28.7. The van der Waals surface area contributed by atoms with Gasteiger partial charge in [0, 0.05) is 34.6 Å². The second-order valence-corrected chi connectivity index (χ2v) is 8.14. The first kappa shape index (κ1) is 21.4. The van der Waals surface area contributed by atoms with Gasteiger partial charge in [-0.3, -0.25) is 9.78 Å². The third kappa shape index (κ3) is 4.23. The SMILES string of the molecule is O=C(COc1cccc2ccccc12)Nc1cccc(-c2ccc3nnc(-c4ccncc4)n3n2)c1. The monoisotopic (exact) mass is 472 g/mol. The van der Waals surface area contributed by atoms with Gasteiger partial charge in [0.25, 0.3) is 5.91 Å². The van der Waals surface area contributed by atoms with Crippen molar-refractivity contribution < 1.29 is 9.53 Å². The van der Waals surface area contributed by atoms with Crippen LogP contribution in [0.15, 0.2) is 103 Å². The molecule has 0 spiro atoms. The number of hydrogen-bond donors (Lipinski definition) is 1. The quantitative estimate of drug-likeness (QED) is 0.366. The summed E-state index contributed by atoms with van der Waals surface area (Å²) in [6.45, 7) is -0.0988. The molecule has 0 atom stereocenters. The molecule has 36 heavy (non-hydrogen) atoms. The van der Waals surface area contributed by atoms with Gasteiger partial charge >= 0.3 is 0 Å². The molecule has 3 aromatic heterocycles. The molecule has 0 saturated carbocycles. The predicted octanol–water partition coefficient (Wildman–Crippen LogP) is 5.02. The third-order valence-electron chi connectivity index (χ3n) is 5.75. The van der Waals surface area contributed by atoms with Crippen LogP contribution in [0.2, 0.25) is 0 Å². The standard InChI is InChI=1S/C28H20N6O2/c35-27(18-36-25-10-4-6-19-5-1-2-9-23(19)25)30-22-8-3-7-21(17-22)24-11-12-26-31-32-28(34(26)33-24)20-13-15-29-16-14-20/h1-17H,18H2,(H,30,35). The maximum absolute atomic E-state index is 12.6. The number of ether oxygens (including phenoxy) is 1. The van der Waals surface area contributed by atoms with Crippen molar-refractivity contribution >= 4 is 28.0 Å². The van der Waals surface area contributed by atoms with E-state index in [2.05, 4.69) is 20.5 Å². The first-order valence-electron chi connectivity index (χ1n) is 11.4. The largest absolute Gasteiger partial charge is 0.483 e. The molecule has 3 heterocycles. The molecule has 0 aliphatic heterocycles. The van der Waals surface area contributed by atoms with Crippen molar-refractivity contribution in [3.63, 3.8) is 0 Å². The molecule has 0 aliphatic carbocycles. The number of pyridine rings is 1. The maximum atomic E-state index is 12.6. The molecule has 8 nitrogen and oxygen atoms in total. The third-order valence-corrected chi connectivity index (χ3v) is 5.75. The smallest absolute Gasteiger partial charge is 0.262 e. The topological polar surface area (TPSA) is 94.3 Å². The van der Waals surface area contributed by atoms with Gasteiger partial charge < -0.3 is 10.1 Å². The predicted molar refractivity (Wildman–Crippen MR) is 138 cm³/mol. The van der Waals surface area contributed by atoms with Crippen LogP contribution in [0.5, 0.6) is 5.75 Å². The second kappa shape index (κ2) is 9.27. The number of benzene rings is 3. The fourth-order valence-electron chi connectivity index (χ4n) is 4.04. The fourth-order valence-corrected chi connectivity index (χ4v) is 4.04. The lowest BCUT2D eigenvalue weighted by Crippen LogP contribution is -2.20. The van der Waals surface area contributed by atoms with Gasteiger partial charge in [-0.05, 0) is 47.9 Å². The fraction of sp³-hybridized carbons (Fsp3) is 0.0357. The molecule has 0 saturated heterocycles. The first-order chi connectivity index (χ1) is 17.7. The van der Waals surface area contributed by atoms with Crippen molar-refractivity contribution in [2.75, 3.05) is 11.9 Å². The average molecular weight is 473 g/mol. The highest BCUT2D eigenvalue weighted by molar-refractivity contribution is 5.93. The minimum Gasteiger partial charge on any atom is -0.483 e. The van der Waals surface area contributed by atoms with Crippen LogP contribution in [0.1, 0.15) is 0 Å². The summed E-state index contributed by atoms with van der Waals surface area (Å²) in [6.07, 6.45) is 3.41. The van der Waals surface area contributed by atoms with Crippen molar-refractivity contribution in [1.82, 2.24) is 24.8 Å². The highest BCUT2D eigenvalue weighted by Crippen LogP contribution is 2.26. The van der Waals surface area contributed by atoms with Crippen LogP contribution >= 0.6 is 0 Å². The van der Waals surface area contributed by atoms with E-state index in [0.29, 0.717) is 22.9 Å². The zero-order valence-electron chi connectivity index (χ0n) is 19.1. The zero-order chi connectivity index (χ0) is 24.3. The molecule has 3 aromatic carbocycles. The number of carbonyl (C=O) groups excluding carboxylic acids is 1. The van der Waals surface area contributed by atoms with E-state index in [9.17, 15) is 4.79 Å². The van der Waals surface area contributed by atoms with Crippen molar-refractivity contribution in [3.8, 4) is 28.4 Å². The van der Waals surface area contributed by atoms with Crippen molar-refractivity contribution in [2.24, 2.45) is 0 Å². The number of carbonyl (C=O) groups is 1. The number of rotatable bonds is 6. The normalized spacial score (nSPS) is 11.0. The van der Waals surface area contributed by atoms with Crippen molar-refractivity contribution in [1.29, 1.82) is 0 Å². The Balaban J connectivity index is 1.20. The second-order valence-electron chi connectivity index (χ2n) is 8.14. The minimum atomic E-state index is -0.248. The van der Waals surface area contributed by atoms with Crippen molar-refractivity contribution in [2.45, 2.75) is 0 Å². The van der Waals surface area contributed by atoms with Crippen LogP contribution in [-0.4, -0.2) is 37.3 Å². The van der Waals surface area contributed by atoms with E-state index in [-0.39, 0.29) is 12.5 Å². The summed E-state index contributed by atoms with van der Waals surface area (Å²) in [5, 5.41) is 18.2. The molecule has 1 N–H and O–H groups in total. The lowest BCUT2D eigenvalue weighted by atomic mass is 10.1. The van der Waals surface area contributed by atoms with E-state index < -0.39 is 0 Å². The Labute approximate surface area is 206 Å². The summed E-state index contributed by atoms with van der Waals surface area (Å²) in [7, 11) is 0. The van der Waals surface area contributed by atoms with Gasteiger partial charge in [-0.15, -0.1) is 10.2 Å². The van der Waals surface area contributed by atoms with Gasteiger partial charge in [0.2, 0.25) is 0 Å². The molecule has 0 radical (unpaired) electrons. The van der Waals surface area contributed by atoms with E-state index in [1.165, 1.54) is 0 Å². The minimum absolute atomic E-state index is 0.0988. The Bertz CT molecular complexity index is 1690. The molecule has 6 aromatic rings. The molecular formula is C28H20N6O2. The number of nitrogens with one attached hydrogen (secondary N) is 1. The van der Waals surface area contributed by atoms with Gasteiger partial charge in [0.05, 0.1) is 5.69 Å². The first-order valence-corrected chi connectivity index (χ1v) is 11.4. The van der Waals surface area contributed by atoms with E-state index in [1.54, 1.807) is 16.9 Å². The van der Waals surface area contributed by atoms with Crippen LogP contribution < -0.4 is 10.1 Å². The van der Waals surface area contributed by atoms with Crippen LogP contribution in [0.4, 0.5) is 5.69 Å². The number of nitrogens with zero attached hydrogens (tertiary/aromatic N) is 5. The highest BCUT2D eigenvalue weighted by atomic mass is 16.5. The van der Waals surface area contributed by atoms with E-state index in [0.717, 1.165) is 27.6 Å². The molecule has 0 aliphatic rings.